The van der Waals surface area contributed by atoms with Gasteiger partial charge in [0.2, 0.25) is 0 Å². The number of hydrogen-bond acceptors (Lipinski definition) is 0. The fourth-order valence-electron chi connectivity index (χ4n) is 0.625. The van der Waals surface area contributed by atoms with Crippen LogP contribution in [0.25, 0.3) is 0 Å². The molecule has 0 saturated heterocycles. The van der Waals surface area contributed by atoms with Crippen LogP contribution in [0.2, 0.25) is 0 Å². The molecular weight excluding hydrogens is 191 g/mol. The molecule has 0 atom stereocenters. The topological polar surface area (TPSA) is 0 Å². The fraction of sp³-hybridized carbons (Fsp3) is 0.364. The molecule has 0 spiro atoms. The van der Waals surface area contributed by atoms with E-state index in [4.69, 9.17) is 0 Å². The molecule has 0 unspecified atom stereocenters. The summed E-state index contributed by atoms with van der Waals surface area (Å²) in [5.74, 6) is 0. The van der Waals surface area contributed by atoms with Gasteiger partial charge in [0.25, 0.3) is 0 Å². The van der Waals surface area contributed by atoms with Gasteiger partial charge in [-0.15, -0.1) is 12.8 Å². The molecule has 0 N–H and O–H groups in total. The Hall–Kier alpha value is -0.416. The van der Waals surface area contributed by atoms with E-state index in [-0.39, 0.29) is 16.5 Å². The van der Waals surface area contributed by atoms with E-state index in [1.165, 1.54) is 12.8 Å². The first-order valence-electron chi connectivity index (χ1n) is 4.07. The second-order valence-corrected chi connectivity index (χ2v) is 2.26. The summed E-state index contributed by atoms with van der Waals surface area (Å²) in [7, 11) is 0. The van der Waals surface area contributed by atoms with Gasteiger partial charge in [-0.05, 0) is 0 Å². The Labute approximate surface area is 86.4 Å². The van der Waals surface area contributed by atoms with Crippen molar-refractivity contribution < 1.29 is 16.5 Å². The van der Waals surface area contributed by atoms with E-state index in [1.807, 2.05) is 18.2 Å². The minimum Gasteiger partial charge on any atom is -0.273 e. The molecule has 1 heteroatoms. The molecule has 0 fully saturated rings. The van der Waals surface area contributed by atoms with Gasteiger partial charge in [-0.1, -0.05) is 13.3 Å². The van der Waals surface area contributed by atoms with Crippen LogP contribution in [0.5, 0.6) is 0 Å². The second kappa shape index (κ2) is 13.2. The van der Waals surface area contributed by atoms with Crippen LogP contribution in [-0.2, 0) is 16.5 Å². The molecule has 0 aromatic heterocycles. The van der Waals surface area contributed by atoms with Crippen LogP contribution in [0, 0.1) is 13.0 Å². The monoisotopic (exact) mass is 206 g/mol. The zero-order chi connectivity index (χ0) is 8.36. The molecule has 0 bridgehead atoms. The molecule has 1 aliphatic carbocycles. The van der Waals surface area contributed by atoms with Crippen LogP contribution in [0.3, 0.4) is 0 Å². The first kappa shape index (κ1) is 14.1. The van der Waals surface area contributed by atoms with Crippen LogP contribution in [0.1, 0.15) is 26.2 Å². The van der Waals surface area contributed by atoms with Crippen molar-refractivity contribution in [3.05, 3.63) is 43.4 Å². The first-order valence-corrected chi connectivity index (χ1v) is 4.07. The van der Waals surface area contributed by atoms with E-state index in [0.29, 0.717) is 0 Å². The Kier molecular flexibility index (Phi) is 15.5. The SMILES string of the molecule is [C-]1=CC=CC1.[CH2-]/C=C/CCC.[Ni+2]. The van der Waals surface area contributed by atoms with Crippen LogP contribution in [0.15, 0.2) is 30.4 Å². The third kappa shape index (κ3) is 12.3. The molecule has 0 amide bonds. The summed E-state index contributed by atoms with van der Waals surface area (Å²) in [4.78, 5) is 0. The van der Waals surface area contributed by atoms with Gasteiger partial charge in [-0.2, -0.15) is 6.08 Å². The van der Waals surface area contributed by atoms with Crippen molar-refractivity contribution in [2.45, 2.75) is 26.2 Å². The van der Waals surface area contributed by atoms with Crippen molar-refractivity contribution in [3.63, 3.8) is 0 Å². The van der Waals surface area contributed by atoms with Crippen molar-refractivity contribution in [3.8, 4) is 0 Å². The maximum Gasteiger partial charge on any atom is 2.00 e. The van der Waals surface area contributed by atoms with E-state index >= 15 is 0 Å². The molecule has 0 aliphatic heterocycles. The maximum atomic E-state index is 3.54. The number of hydrogen-bond donors (Lipinski definition) is 0. The van der Waals surface area contributed by atoms with Gasteiger partial charge in [-0.3, -0.25) is 6.08 Å². The Morgan fingerprint density at radius 3 is 2.50 bits per heavy atom. The summed E-state index contributed by atoms with van der Waals surface area (Å²) in [5.41, 5.74) is 0. The van der Waals surface area contributed by atoms with Crippen molar-refractivity contribution in [1.82, 2.24) is 0 Å². The van der Waals surface area contributed by atoms with E-state index in [9.17, 15) is 0 Å². The van der Waals surface area contributed by atoms with E-state index in [1.54, 1.807) is 0 Å². The summed E-state index contributed by atoms with van der Waals surface area (Å²) < 4.78 is 0. The zero-order valence-corrected chi connectivity index (χ0v) is 8.52. The van der Waals surface area contributed by atoms with E-state index < -0.39 is 0 Å². The van der Waals surface area contributed by atoms with Crippen LogP contribution >= 0.6 is 0 Å². The quantitative estimate of drug-likeness (QED) is 0.480. The van der Waals surface area contributed by atoms with E-state index in [2.05, 4.69) is 32.1 Å². The predicted molar refractivity (Wildman–Crippen MR) is 51.0 cm³/mol. The van der Waals surface area contributed by atoms with Crippen molar-refractivity contribution in [1.29, 1.82) is 0 Å². The molecule has 0 heterocycles. The standard InChI is InChI=1S/C6H11.C5H5.Ni/c1-3-5-6-4-2;1-2-4-5-3-1;/h3,5H,1,4,6H2,2H3;1-3H,4H2;/q2*-1;+2/b5-3+;;. The molecule has 1 aliphatic rings. The summed E-state index contributed by atoms with van der Waals surface area (Å²) >= 11 is 0. The molecule has 70 valence electrons. The Morgan fingerprint density at radius 1 is 1.58 bits per heavy atom. The summed E-state index contributed by atoms with van der Waals surface area (Å²) in [6.07, 6.45) is 16.3. The fourth-order valence-corrected chi connectivity index (χ4v) is 0.625. The predicted octanol–water partition coefficient (Wildman–Crippen LogP) is 3.48. The van der Waals surface area contributed by atoms with Crippen LogP contribution in [0.4, 0.5) is 0 Å². The van der Waals surface area contributed by atoms with Crippen molar-refractivity contribution >= 4 is 0 Å². The van der Waals surface area contributed by atoms with Crippen LogP contribution < -0.4 is 0 Å². The van der Waals surface area contributed by atoms with E-state index in [0.717, 1.165) is 6.42 Å². The van der Waals surface area contributed by atoms with Crippen molar-refractivity contribution in [2.24, 2.45) is 0 Å². The summed E-state index contributed by atoms with van der Waals surface area (Å²) in [6.45, 7) is 5.70. The Balaban J connectivity index is 0. The molecule has 0 saturated carbocycles. The maximum absolute atomic E-state index is 3.54. The molecule has 0 aromatic carbocycles. The minimum atomic E-state index is 0. The Morgan fingerprint density at radius 2 is 2.33 bits per heavy atom. The first-order chi connectivity index (χ1) is 5.41. The second-order valence-electron chi connectivity index (χ2n) is 2.26. The van der Waals surface area contributed by atoms with Gasteiger partial charge in [0.05, 0.1) is 0 Å². The average molecular weight is 207 g/mol. The molecule has 0 nitrogen and oxygen atoms in total. The van der Waals surface area contributed by atoms with Gasteiger partial charge in [-0.25, -0.2) is 31.2 Å². The molecular formula is C11H16Ni. The van der Waals surface area contributed by atoms with Gasteiger partial charge in [0.1, 0.15) is 0 Å². The smallest absolute Gasteiger partial charge is 0.273 e. The van der Waals surface area contributed by atoms with Gasteiger partial charge in [0, 0.05) is 0 Å². The molecule has 12 heavy (non-hydrogen) atoms. The molecule has 0 radical (unpaired) electrons. The largest absolute Gasteiger partial charge is 2.00 e. The molecule has 0 aromatic rings. The number of allylic oxidation sites excluding steroid dienone is 6. The summed E-state index contributed by atoms with van der Waals surface area (Å²) in [5, 5.41) is 0. The van der Waals surface area contributed by atoms with Gasteiger partial charge < -0.3 is 0 Å². The normalized spacial score (nSPS) is 12.4. The third-order valence-electron chi connectivity index (χ3n) is 1.21. The Bertz CT molecular complexity index is 133. The number of unbranched alkanes of at least 4 members (excludes halogenated alkanes) is 1. The zero-order valence-electron chi connectivity index (χ0n) is 7.53. The van der Waals surface area contributed by atoms with Gasteiger partial charge in [0.15, 0.2) is 0 Å². The third-order valence-corrected chi connectivity index (χ3v) is 1.21. The molecule has 1 rings (SSSR count). The average Bonchev–Trinajstić information content (AvgIpc) is 2.57. The van der Waals surface area contributed by atoms with Crippen molar-refractivity contribution in [2.75, 3.05) is 0 Å². The summed E-state index contributed by atoms with van der Waals surface area (Å²) in [6, 6.07) is 0. The van der Waals surface area contributed by atoms with Gasteiger partial charge >= 0.3 is 16.5 Å². The minimum absolute atomic E-state index is 0. The van der Waals surface area contributed by atoms with Crippen LogP contribution in [-0.4, -0.2) is 0 Å². The number of rotatable bonds is 2.